The average molecular weight is 317 g/mol. The zero-order valence-electron chi connectivity index (χ0n) is 14.0. The fourth-order valence-corrected chi connectivity index (χ4v) is 2.47. The highest BCUT2D eigenvalue weighted by molar-refractivity contribution is 5.79. The van der Waals surface area contributed by atoms with E-state index in [2.05, 4.69) is 20.3 Å². The van der Waals surface area contributed by atoms with Crippen LogP contribution in [-0.2, 0) is 20.0 Å². The first-order valence-electron chi connectivity index (χ1n) is 7.72. The molecular formula is C17H24FN5. The van der Waals surface area contributed by atoms with E-state index in [9.17, 15) is 4.39 Å². The van der Waals surface area contributed by atoms with Gasteiger partial charge in [0, 0.05) is 46.0 Å². The number of halogens is 1. The molecule has 0 unspecified atom stereocenters. The van der Waals surface area contributed by atoms with Gasteiger partial charge < -0.3 is 10.2 Å². The van der Waals surface area contributed by atoms with Gasteiger partial charge in [-0.25, -0.2) is 4.39 Å². The zero-order chi connectivity index (χ0) is 16.7. The molecule has 0 saturated carbocycles. The largest absolute Gasteiger partial charge is 0.356 e. The van der Waals surface area contributed by atoms with E-state index in [4.69, 9.17) is 0 Å². The quantitative estimate of drug-likeness (QED) is 0.505. The minimum absolute atomic E-state index is 0.178. The minimum atomic E-state index is -0.178. The van der Waals surface area contributed by atoms with Gasteiger partial charge >= 0.3 is 0 Å². The normalized spacial score (nSPS) is 11.6. The third kappa shape index (κ3) is 5.39. The van der Waals surface area contributed by atoms with Crippen molar-refractivity contribution in [2.24, 2.45) is 12.0 Å². The molecule has 0 atom stereocenters. The van der Waals surface area contributed by atoms with E-state index in [1.165, 1.54) is 6.07 Å². The van der Waals surface area contributed by atoms with Gasteiger partial charge in [-0.2, -0.15) is 5.10 Å². The molecule has 0 radical (unpaired) electrons. The summed E-state index contributed by atoms with van der Waals surface area (Å²) in [6, 6.07) is 6.76. The molecule has 0 fully saturated rings. The van der Waals surface area contributed by atoms with Crippen molar-refractivity contribution < 1.29 is 4.39 Å². The highest BCUT2D eigenvalue weighted by Gasteiger charge is 2.07. The summed E-state index contributed by atoms with van der Waals surface area (Å²) in [6.07, 6.45) is 5.61. The number of benzene rings is 1. The van der Waals surface area contributed by atoms with E-state index in [1.807, 2.05) is 32.6 Å². The SMILES string of the molecule is CN=C(NCCCc1cccc(F)c1)N(C)Cc1cnn(C)c1. The second-order valence-corrected chi connectivity index (χ2v) is 5.59. The maximum atomic E-state index is 13.1. The Morgan fingerprint density at radius 3 is 2.87 bits per heavy atom. The summed E-state index contributed by atoms with van der Waals surface area (Å²) >= 11 is 0. The van der Waals surface area contributed by atoms with Gasteiger partial charge in [-0.15, -0.1) is 0 Å². The average Bonchev–Trinajstić information content (AvgIpc) is 2.92. The van der Waals surface area contributed by atoms with Gasteiger partial charge in [0.15, 0.2) is 5.96 Å². The van der Waals surface area contributed by atoms with Crippen molar-refractivity contribution in [1.29, 1.82) is 0 Å². The van der Waals surface area contributed by atoms with Crippen LogP contribution in [0.5, 0.6) is 0 Å². The number of nitrogens with zero attached hydrogens (tertiary/aromatic N) is 4. The van der Waals surface area contributed by atoms with Crippen molar-refractivity contribution in [3.05, 3.63) is 53.6 Å². The Morgan fingerprint density at radius 1 is 1.39 bits per heavy atom. The summed E-state index contributed by atoms with van der Waals surface area (Å²) in [5.41, 5.74) is 2.16. The predicted molar refractivity (Wildman–Crippen MR) is 90.8 cm³/mol. The van der Waals surface area contributed by atoms with E-state index in [1.54, 1.807) is 23.9 Å². The van der Waals surface area contributed by atoms with Crippen LogP contribution in [0.4, 0.5) is 4.39 Å². The van der Waals surface area contributed by atoms with Crippen molar-refractivity contribution >= 4 is 5.96 Å². The first kappa shape index (κ1) is 17.0. The van der Waals surface area contributed by atoms with Gasteiger partial charge in [0.2, 0.25) is 0 Å². The summed E-state index contributed by atoms with van der Waals surface area (Å²) in [7, 11) is 5.67. The number of aliphatic imine (C=N–C) groups is 1. The molecule has 0 saturated heterocycles. The molecule has 0 aliphatic carbocycles. The molecular weight excluding hydrogens is 293 g/mol. The Bertz CT molecular complexity index is 650. The maximum Gasteiger partial charge on any atom is 0.193 e. The van der Waals surface area contributed by atoms with Crippen molar-refractivity contribution in [2.75, 3.05) is 20.6 Å². The van der Waals surface area contributed by atoms with Crippen LogP contribution >= 0.6 is 0 Å². The summed E-state index contributed by atoms with van der Waals surface area (Å²) in [6.45, 7) is 1.54. The van der Waals surface area contributed by atoms with Crippen LogP contribution in [0.25, 0.3) is 0 Å². The van der Waals surface area contributed by atoms with Crippen LogP contribution in [0.15, 0.2) is 41.7 Å². The molecule has 2 aromatic rings. The number of nitrogens with one attached hydrogen (secondary N) is 1. The van der Waals surface area contributed by atoms with E-state index < -0.39 is 0 Å². The van der Waals surface area contributed by atoms with Crippen molar-refractivity contribution in [3.8, 4) is 0 Å². The van der Waals surface area contributed by atoms with Crippen LogP contribution in [0.1, 0.15) is 17.5 Å². The smallest absolute Gasteiger partial charge is 0.193 e. The van der Waals surface area contributed by atoms with Crippen molar-refractivity contribution in [2.45, 2.75) is 19.4 Å². The number of aryl methyl sites for hydroxylation is 2. The van der Waals surface area contributed by atoms with Gasteiger partial charge in [0.1, 0.15) is 5.82 Å². The van der Waals surface area contributed by atoms with Crippen molar-refractivity contribution in [3.63, 3.8) is 0 Å². The molecule has 1 heterocycles. The minimum Gasteiger partial charge on any atom is -0.356 e. The highest BCUT2D eigenvalue weighted by atomic mass is 19.1. The highest BCUT2D eigenvalue weighted by Crippen LogP contribution is 2.06. The van der Waals surface area contributed by atoms with Gasteiger partial charge in [-0.1, -0.05) is 12.1 Å². The first-order valence-corrected chi connectivity index (χ1v) is 7.72. The molecule has 124 valence electrons. The molecule has 1 aromatic heterocycles. The van der Waals surface area contributed by atoms with Crippen molar-refractivity contribution in [1.82, 2.24) is 20.0 Å². The Balaban J connectivity index is 1.76. The van der Waals surface area contributed by atoms with Crippen LogP contribution in [-0.4, -0.2) is 41.3 Å². The Labute approximate surface area is 136 Å². The summed E-state index contributed by atoms with van der Waals surface area (Å²) < 4.78 is 14.9. The van der Waals surface area contributed by atoms with E-state index in [0.717, 1.165) is 43.0 Å². The number of aromatic nitrogens is 2. The number of hydrogen-bond donors (Lipinski definition) is 1. The van der Waals surface area contributed by atoms with Crippen LogP contribution < -0.4 is 5.32 Å². The third-order valence-electron chi connectivity index (χ3n) is 3.57. The van der Waals surface area contributed by atoms with E-state index in [0.29, 0.717) is 0 Å². The lowest BCUT2D eigenvalue weighted by Crippen LogP contribution is -2.38. The lowest BCUT2D eigenvalue weighted by molar-refractivity contribution is 0.475. The Hall–Kier alpha value is -2.37. The molecule has 6 heteroatoms. The Morgan fingerprint density at radius 2 is 2.22 bits per heavy atom. The number of rotatable bonds is 6. The monoisotopic (exact) mass is 317 g/mol. The maximum absolute atomic E-state index is 13.1. The topological polar surface area (TPSA) is 45.5 Å². The summed E-state index contributed by atoms with van der Waals surface area (Å²) in [4.78, 5) is 6.35. The first-order chi connectivity index (χ1) is 11.1. The fraction of sp³-hybridized carbons (Fsp3) is 0.412. The summed E-state index contributed by atoms with van der Waals surface area (Å²) in [5, 5.41) is 7.51. The molecule has 0 bridgehead atoms. The molecule has 1 aromatic carbocycles. The second-order valence-electron chi connectivity index (χ2n) is 5.59. The molecule has 0 aliphatic heterocycles. The molecule has 0 spiro atoms. The van der Waals surface area contributed by atoms with E-state index >= 15 is 0 Å². The van der Waals surface area contributed by atoms with Gasteiger partial charge in [-0.05, 0) is 30.5 Å². The van der Waals surface area contributed by atoms with Crippen LogP contribution in [0, 0.1) is 5.82 Å². The third-order valence-corrected chi connectivity index (χ3v) is 3.57. The molecule has 23 heavy (non-hydrogen) atoms. The standard InChI is InChI=1S/C17H24FN5/c1-19-17(22(2)12-15-11-21-23(3)13-15)20-9-5-7-14-6-4-8-16(18)10-14/h4,6,8,10-11,13H,5,7,9,12H2,1-3H3,(H,19,20). The Kier molecular flexibility index (Phi) is 6.14. The molecule has 0 aliphatic rings. The fourth-order valence-electron chi connectivity index (χ4n) is 2.47. The van der Waals surface area contributed by atoms with Gasteiger partial charge in [0.05, 0.1) is 6.20 Å². The lowest BCUT2D eigenvalue weighted by atomic mass is 10.1. The molecule has 5 nitrogen and oxygen atoms in total. The van der Waals surface area contributed by atoms with Crippen LogP contribution in [0.2, 0.25) is 0 Å². The predicted octanol–water partition coefficient (Wildman–Crippen LogP) is 2.20. The van der Waals surface area contributed by atoms with Gasteiger partial charge in [0.25, 0.3) is 0 Å². The summed E-state index contributed by atoms with van der Waals surface area (Å²) in [5.74, 6) is 0.663. The lowest BCUT2D eigenvalue weighted by Gasteiger charge is -2.21. The number of hydrogen-bond acceptors (Lipinski definition) is 2. The molecule has 1 N–H and O–H groups in total. The van der Waals surface area contributed by atoms with Gasteiger partial charge in [-0.3, -0.25) is 9.67 Å². The second kappa shape index (κ2) is 8.31. The molecule has 2 rings (SSSR count). The molecule has 0 amide bonds. The van der Waals surface area contributed by atoms with E-state index in [-0.39, 0.29) is 5.82 Å². The number of guanidine groups is 1. The van der Waals surface area contributed by atoms with Crippen LogP contribution in [0.3, 0.4) is 0 Å². The zero-order valence-corrected chi connectivity index (χ0v) is 14.0.